The molecule has 0 amide bonds. The van der Waals surface area contributed by atoms with Crippen molar-refractivity contribution in [1.82, 2.24) is 4.90 Å². The molecule has 1 fully saturated rings. The van der Waals surface area contributed by atoms with Crippen LogP contribution in [-0.2, 0) is 0 Å². The summed E-state index contributed by atoms with van der Waals surface area (Å²) in [7, 11) is 0. The molecule has 3 rings (SSSR count). The Kier molecular flexibility index (Phi) is 6.32. The highest BCUT2D eigenvalue weighted by Gasteiger charge is 2.21. The van der Waals surface area contributed by atoms with Crippen molar-refractivity contribution in [3.8, 4) is 11.5 Å². The average molecular weight is 370 g/mol. The number of carbonyl (C=O) groups is 1. The van der Waals surface area contributed by atoms with Crippen LogP contribution in [-0.4, -0.2) is 66.3 Å². The molecule has 1 aliphatic rings. The van der Waals surface area contributed by atoms with Crippen molar-refractivity contribution in [3.05, 3.63) is 54.1 Å². The number of nitrogens with zero attached hydrogens (tertiary/aromatic N) is 2. The maximum atomic E-state index is 11.3. The average Bonchev–Trinajstić information content (AvgIpc) is 2.68. The van der Waals surface area contributed by atoms with Crippen LogP contribution in [0.5, 0.6) is 11.5 Å². The summed E-state index contributed by atoms with van der Waals surface area (Å²) in [5.74, 6) is 0.961. The van der Waals surface area contributed by atoms with Gasteiger partial charge in [0.15, 0.2) is 5.78 Å². The van der Waals surface area contributed by atoms with Crippen molar-refractivity contribution in [3.63, 3.8) is 0 Å². The van der Waals surface area contributed by atoms with Crippen molar-refractivity contribution >= 4 is 11.5 Å². The van der Waals surface area contributed by atoms with Crippen LogP contribution in [0, 0.1) is 0 Å². The van der Waals surface area contributed by atoms with Gasteiger partial charge in [-0.2, -0.15) is 0 Å². The summed E-state index contributed by atoms with van der Waals surface area (Å²) >= 11 is 0. The first kappa shape index (κ1) is 19.2. The van der Waals surface area contributed by atoms with Crippen LogP contribution in [0.15, 0.2) is 48.5 Å². The zero-order chi connectivity index (χ0) is 19.2. The van der Waals surface area contributed by atoms with Crippen LogP contribution in [0.3, 0.4) is 0 Å². The summed E-state index contributed by atoms with van der Waals surface area (Å²) in [5.41, 5.74) is 1.50. The molecule has 0 unspecified atom stereocenters. The van der Waals surface area contributed by atoms with Crippen LogP contribution in [0.25, 0.3) is 0 Å². The van der Waals surface area contributed by atoms with Gasteiger partial charge in [-0.15, -0.1) is 0 Å². The third-order valence-electron chi connectivity index (χ3n) is 4.77. The van der Waals surface area contributed by atoms with E-state index in [-0.39, 0.29) is 12.4 Å². The van der Waals surface area contributed by atoms with Crippen molar-refractivity contribution < 1.29 is 19.7 Å². The standard InChI is InChI=1S/C21H26N2O4/c1-16(24)17-6-8-19(9-7-17)27-15-18(25)14-22-10-12-23(13-11-22)20-4-2-3-5-21(20)26/h2-9,18,25-26H,10-15H2,1H3/t18-/m1/s1. The Labute approximate surface area is 159 Å². The van der Waals surface area contributed by atoms with E-state index in [0.717, 1.165) is 31.9 Å². The fraction of sp³-hybridized carbons (Fsp3) is 0.381. The number of anilines is 1. The van der Waals surface area contributed by atoms with Gasteiger partial charge in [-0.3, -0.25) is 9.69 Å². The smallest absolute Gasteiger partial charge is 0.159 e. The number of β-amino-alcohol motifs (C(OH)–C–C–N with tert-alkyl or cyclic N) is 1. The monoisotopic (exact) mass is 370 g/mol. The van der Waals surface area contributed by atoms with Gasteiger partial charge < -0.3 is 19.8 Å². The quantitative estimate of drug-likeness (QED) is 0.728. The molecule has 0 bridgehead atoms. The maximum Gasteiger partial charge on any atom is 0.159 e. The third kappa shape index (κ3) is 5.21. The first-order valence-corrected chi connectivity index (χ1v) is 9.20. The number of hydrogen-bond acceptors (Lipinski definition) is 6. The number of ketones is 1. The second-order valence-corrected chi connectivity index (χ2v) is 6.82. The van der Waals surface area contributed by atoms with Crippen LogP contribution in [0.2, 0.25) is 0 Å². The molecule has 2 aromatic rings. The number of carbonyl (C=O) groups excluding carboxylic acids is 1. The number of piperazine rings is 1. The van der Waals surface area contributed by atoms with E-state index in [4.69, 9.17) is 4.74 Å². The van der Waals surface area contributed by atoms with Gasteiger partial charge in [0.25, 0.3) is 0 Å². The molecule has 0 saturated carbocycles. The zero-order valence-electron chi connectivity index (χ0n) is 15.5. The Morgan fingerprint density at radius 2 is 1.74 bits per heavy atom. The highest BCUT2D eigenvalue weighted by molar-refractivity contribution is 5.94. The van der Waals surface area contributed by atoms with E-state index in [1.807, 2.05) is 18.2 Å². The van der Waals surface area contributed by atoms with E-state index in [0.29, 0.717) is 23.6 Å². The number of aromatic hydroxyl groups is 1. The van der Waals surface area contributed by atoms with Crippen molar-refractivity contribution in [2.45, 2.75) is 13.0 Å². The summed E-state index contributed by atoms with van der Waals surface area (Å²) in [4.78, 5) is 15.6. The lowest BCUT2D eigenvalue weighted by Crippen LogP contribution is -2.49. The van der Waals surface area contributed by atoms with Crippen LogP contribution in [0.1, 0.15) is 17.3 Å². The summed E-state index contributed by atoms with van der Waals surface area (Å²) in [6.07, 6.45) is -0.589. The van der Waals surface area contributed by atoms with Gasteiger partial charge in [0.05, 0.1) is 5.69 Å². The Morgan fingerprint density at radius 1 is 1.07 bits per heavy atom. The molecule has 27 heavy (non-hydrogen) atoms. The Morgan fingerprint density at radius 3 is 2.37 bits per heavy atom. The second kappa shape index (κ2) is 8.88. The number of hydrogen-bond donors (Lipinski definition) is 2. The van der Waals surface area contributed by atoms with Crippen molar-refractivity contribution in [1.29, 1.82) is 0 Å². The van der Waals surface area contributed by atoms with E-state index < -0.39 is 6.10 Å². The minimum atomic E-state index is -0.589. The summed E-state index contributed by atoms with van der Waals surface area (Å²) in [6, 6.07) is 14.3. The SMILES string of the molecule is CC(=O)c1ccc(OC[C@H](O)CN2CCN(c3ccccc3O)CC2)cc1. The van der Waals surface area contributed by atoms with Crippen molar-refractivity contribution in [2.24, 2.45) is 0 Å². The number of Topliss-reactive ketones (excluding diaryl/α,β-unsaturated/α-hetero) is 1. The third-order valence-corrected chi connectivity index (χ3v) is 4.77. The summed E-state index contributed by atoms with van der Waals surface area (Å²) in [5, 5.41) is 20.2. The molecule has 144 valence electrons. The van der Waals surface area contributed by atoms with E-state index in [1.54, 1.807) is 30.3 Å². The largest absolute Gasteiger partial charge is 0.506 e. The molecule has 1 heterocycles. The van der Waals surface area contributed by atoms with E-state index in [9.17, 15) is 15.0 Å². The van der Waals surface area contributed by atoms with Crippen LogP contribution < -0.4 is 9.64 Å². The van der Waals surface area contributed by atoms with E-state index in [2.05, 4.69) is 9.80 Å². The molecule has 6 nitrogen and oxygen atoms in total. The Hall–Kier alpha value is -2.57. The van der Waals surface area contributed by atoms with Gasteiger partial charge in [0.1, 0.15) is 24.2 Å². The van der Waals surface area contributed by atoms with Gasteiger partial charge in [-0.05, 0) is 43.3 Å². The number of ether oxygens (including phenoxy) is 1. The topological polar surface area (TPSA) is 73.2 Å². The molecule has 0 aliphatic carbocycles. The number of aliphatic hydroxyl groups is 1. The highest BCUT2D eigenvalue weighted by Crippen LogP contribution is 2.27. The van der Waals surface area contributed by atoms with Gasteiger partial charge in [-0.25, -0.2) is 0 Å². The number of para-hydroxylation sites is 2. The molecular weight excluding hydrogens is 344 g/mol. The second-order valence-electron chi connectivity index (χ2n) is 6.82. The minimum absolute atomic E-state index is 0.0181. The lowest BCUT2D eigenvalue weighted by molar-refractivity contribution is 0.0662. The molecule has 0 spiro atoms. The van der Waals surface area contributed by atoms with Gasteiger partial charge >= 0.3 is 0 Å². The molecule has 6 heteroatoms. The predicted octanol–water partition coefficient (Wildman–Crippen LogP) is 2.16. The Balaban J connectivity index is 1.42. The number of phenolic OH excluding ortho intramolecular Hbond substituents is 1. The molecule has 2 aromatic carbocycles. The number of aliphatic hydroxyl groups excluding tert-OH is 1. The maximum absolute atomic E-state index is 11.3. The minimum Gasteiger partial charge on any atom is -0.506 e. The first-order chi connectivity index (χ1) is 13.0. The van der Waals surface area contributed by atoms with Crippen molar-refractivity contribution in [2.75, 3.05) is 44.2 Å². The fourth-order valence-electron chi connectivity index (χ4n) is 3.23. The molecule has 0 radical (unpaired) electrons. The first-order valence-electron chi connectivity index (χ1n) is 9.20. The van der Waals surface area contributed by atoms with Gasteiger partial charge in [0, 0.05) is 38.3 Å². The number of phenols is 1. The summed E-state index contributed by atoms with van der Waals surface area (Å²) in [6.45, 7) is 5.52. The molecule has 0 aromatic heterocycles. The van der Waals surface area contributed by atoms with Gasteiger partial charge in [-0.1, -0.05) is 12.1 Å². The van der Waals surface area contributed by atoms with E-state index >= 15 is 0 Å². The molecule has 2 N–H and O–H groups in total. The summed E-state index contributed by atoms with van der Waals surface area (Å²) < 4.78 is 5.62. The number of rotatable bonds is 7. The molecule has 1 saturated heterocycles. The van der Waals surface area contributed by atoms with Crippen LogP contribution >= 0.6 is 0 Å². The predicted molar refractivity (Wildman–Crippen MR) is 105 cm³/mol. The fourth-order valence-corrected chi connectivity index (χ4v) is 3.23. The van der Waals surface area contributed by atoms with E-state index in [1.165, 1.54) is 6.92 Å². The molecule has 1 atom stereocenters. The Bertz CT molecular complexity index is 755. The van der Waals surface area contributed by atoms with Crippen LogP contribution in [0.4, 0.5) is 5.69 Å². The lowest BCUT2D eigenvalue weighted by Gasteiger charge is -2.37. The lowest BCUT2D eigenvalue weighted by atomic mass is 10.1. The molecular formula is C21H26N2O4. The highest BCUT2D eigenvalue weighted by atomic mass is 16.5. The molecule has 1 aliphatic heterocycles. The van der Waals surface area contributed by atoms with Gasteiger partial charge in [0.2, 0.25) is 0 Å². The normalized spacial score (nSPS) is 16.1. The number of benzene rings is 2. The zero-order valence-corrected chi connectivity index (χ0v) is 15.5.